The standard InChI is InChI=1S/C24H25ClN4O4/c1-13(2)27-22(31)18-10-7-14(25)11-19(18)28-20(30)12-26-23(32)21-16-5-3-4-6-17(16)24(33)29(21)15-8-9-15/h3-7,10-11,13,15,21H,8-9,12H2,1-2H3,(H,26,32)(H,27,31)(H,28,30). The Labute approximate surface area is 196 Å². The largest absolute Gasteiger partial charge is 0.350 e. The number of halogens is 1. The molecule has 0 aromatic heterocycles. The molecule has 8 nitrogen and oxygen atoms in total. The molecule has 1 aliphatic heterocycles. The van der Waals surface area contributed by atoms with E-state index in [0.29, 0.717) is 16.1 Å². The smallest absolute Gasteiger partial charge is 0.255 e. The second-order valence-corrected chi connectivity index (χ2v) is 8.95. The average Bonchev–Trinajstić information content (AvgIpc) is 3.55. The van der Waals surface area contributed by atoms with Crippen molar-refractivity contribution in [2.24, 2.45) is 0 Å². The number of hydrogen-bond donors (Lipinski definition) is 3. The summed E-state index contributed by atoms with van der Waals surface area (Å²) in [4.78, 5) is 52.5. The molecular formula is C24H25ClN4O4. The van der Waals surface area contributed by atoms with Gasteiger partial charge in [0.05, 0.1) is 17.8 Å². The van der Waals surface area contributed by atoms with E-state index in [1.54, 1.807) is 35.2 Å². The molecule has 1 heterocycles. The summed E-state index contributed by atoms with van der Waals surface area (Å²) in [6.45, 7) is 3.35. The summed E-state index contributed by atoms with van der Waals surface area (Å²) < 4.78 is 0. The Morgan fingerprint density at radius 2 is 1.85 bits per heavy atom. The zero-order valence-corrected chi connectivity index (χ0v) is 19.1. The Balaban J connectivity index is 1.44. The Kier molecular flexibility index (Phi) is 6.37. The quantitative estimate of drug-likeness (QED) is 0.580. The molecule has 1 unspecified atom stereocenters. The van der Waals surface area contributed by atoms with Crippen molar-refractivity contribution in [1.29, 1.82) is 0 Å². The lowest BCUT2D eigenvalue weighted by Crippen LogP contribution is -2.42. The molecule has 1 aliphatic carbocycles. The van der Waals surface area contributed by atoms with Gasteiger partial charge in [0, 0.05) is 22.7 Å². The van der Waals surface area contributed by atoms with E-state index in [2.05, 4.69) is 16.0 Å². The van der Waals surface area contributed by atoms with E-state index in [9.17, 15) is 19.2 Å². The van der Waals surface area contributed by atoms with Crippen LogP contribution < -0.4 is 16.0 Å². The summed E-state index contributed by atoms with van der Waals surface area (Å²) in [6, 6.07) is 10.8. The Hall–Kier alpha value is -3.39. The van der Waals surface area contributed by atoms with Gasteiger partial charge in [0.2, 0.25) is 11.8 Å². The van der Waals surface area contributed by atoms with Gasteiger partial charge >= 0.3 is 0 Å². The van der Waals surface area contributed by atoms with Crippen LogP contribution in [0.2, 0.25) is 5.02 Å². The molecule has 33 heavy (non-hydrogen) atoms. The van der Waals surface area contributed by atoms with Crippen LogP contribution in [0.4, 0.5) is 5.69 Å². The molecule has 172 valence electrons. The van der Waals surface area contributed by atoms with Crippen LogP contribution >= 0.6 is 11.6 Å². The first-order chi connectivity index (χ1) is 15.8. The van der Waals surface area contributed by atoms with Crippen LogP contribution in [0.15, 0.2) is 42.5 Å². The number of fused-ring (bicyclic) bond motifs is 1. The van der Waals surface area contributed by atoms with Crippen molar-refractivity contribution in [2.75, 3.05) is 11.9 Å². The van der Waals surface area contributed by atoms with Gasteiger partial charge in [-0.3, -0.25) is 19.2 Å². The number of nitrogens with one attached hydrogen (secondary N) is 3. The number of nitrogens with zero attached hydrogens (tertiary/aromatic N) is 1. The predicted molar refractivity (Wildman–Crippen MR) is 124 cm³/mol. The lowest BCUT2D eigenvalue weighted by molar-refractivity contribution is -0.127. The van der Waals surface area contributed by atoms with Gasteiger partial charge in [-0.2, -0.15) is 0 Å². The first kappa shape index (κ1) is 22.8. The number of benzene rings is 2. The number of rotatable bonds is 7. The number of carbonyl (C=O) groups is 4. The van der Waals surface area contributed by atoms with Gasteiger partial charge in [-0.05, 0) is 56.5 Å². The van der Waals surface area contributed by atoms with Crippen LogP contribution in [0.25, 0.3) is 0 Å². The van der Waals surface area contributed by atoms with E-state index in [1.807, 2.05) is 13.8 Å². The van der Waals surface area contributed by atoms with E-state index in [1.165, 1.54) is 12.1 Å². The topological polar surface area (TPSA) is 108 Å². The summed E-state index contributed by atoms with van der Waals surface area (Å²) >= 11 is 6.05. The normalized spacial score (nSPS) is 17.0. The Morgan fingerprint density at radius 3 is 2.55 bits per heavy atom. The summed E-state index contributed by atoms with van der Waals surface area (Å²) in [5.41, 5.74) is 1.69. The third-order valence-corrected chi connectivity index (χ3v) is 5.77. The summed E-state index contributed by atoms with van der Waals surface area (Å²) in [5, 5.41) is 8.41. The van der Waals surface area contributed by atoms with Crippen molar-refractivity contribution in [3.63, 3.8) is 0 Å². The fourth-order valence-electron chi connectivity index (χ4n) is 3.95. The van der Waals surface area contributed by atoms with E-state index >= 15 is 0 Å². The van der Waals surface area contributed by atoms with Crippen molar-refractivity contribution in [3.8, 4) is 0 Å². The second-order valence-electron chi connectivity index (χ2n) is 8.52. The van der Waals surface area contributed by atoms with Gasteiger partial charge in [-0.1, -0.05) is 29.8 Å². The number of hydrogen-bond acceptors (Lipinski definition) is 4. The fraction of sp³-hybridized carbons (Fsp3) is 0.333. The van der Waals surface area contributed by atoms with Gasteiger partial charge in [-0.25, -0.2) is 0 Å². The zero-order chi connectivity index (χ0) is 23.7. The van der Waals surface area contributed by atoms with E-state index in [4.69, 9.17) is 11.6 Å². The third-order valence-electron chi connectivity index (χ3n) is 5.53. The van der Waals surface area contributed by atoms with Gasteiger partial charge in [0.1, 0.15) is 6.04 Å². The third kappa shape index (κ3) is 4.85. The molecule has 4 amide bonds. The number of anilines is 1. The molecule has 0 spiro atoms. The van der Waals surface area contributed by atoms with Crippen molar-refractivity contribution in [2.45, 2.75) is 44.8 Å². The fourth-order valence-corrected chi connectivity index (χ4v) is 4.12. The summed E-state index contributed by atoms with van der Waals surface area (Å²) in [6.07, 6.45) is 1.72. The Morgan fingerprint density at radius 1 is 1.12 bits per heavy atom. The van der Waals surface area contributed by atoms with Crippen molar-refractivity contribution < 1.29 is 19.2 Å². The van der Waals surface area contributed by atoms with Crippen LogP contribution in [-0.2, 0) is 9.59 Å². The van der Waals surface area contributed by atoms with Crippen LogP contribution in [0.1, 0.15) is 59.0 Å². The molecule has 3 N–H and O–H groups in total. The minimum atomic E-state index is -0.757. The summed E-state index contributed by atoms with van der Waals surface area (Å²) in [7, 11) is 0. The van der Waals surface area contributed by atoms with Gasteiger partial charge in [0.15, 0.2) is 0 Å². The lowest BCUT2D eigenvalue weighted by Gasteiger charge is -2.24. The van der Waals surface area contributed by atoms with E-state index < -0.39 is 17.9 Å². The minimum Gasteiger partial charge on any atom is -0.350 e. The molecule has 0 radical (unpaired) electrons. The lowest BCUT2D eigenvalue weighted by atomic mass is 10.0. The maximum Gasteiger partial charge on any atom is 0.255 e. The van der Waals surface area contributed by atoms with Crippen LogP contribution in [0, 0.1) is 0 Å². The average molecular weight is 469 g/mol. The summed E-state index contributed by atoms with van der Waals surface area (Å²) in [5.74, 6) is -1.43. The highest BCUT2D eigenvalue weighted by Crippen LogP contribution is 2.41. The van der Waals surface area contributed by atoms with Crippen LogP contribution in [0.5, 0.6) is 0 Å². The van der Waals surface area contributed by atoms with Crippen molar-refractivity contribution in [3.05, 3.63) is 64.2 Å². The highest BCUT2D eigenvalue weighted by atomic mass is 35.5. The Bertz CT molecular complexity index is 1130. The monoisotopic (exact) mass is 468 g/mol. The maximum absolute atomic E-state index is 13.0. The molecule has 4 rings (SSSR count). The van der Waals surface area contributed by atoms with E-state index in [0.717, 1.165) is 12.8 Å². The van der Waals surface area contributed by atoms with Crippen molar-refractivity contribution in [1.82, 2.24) is 15.5 Å². The first-order valence-corrected chi connectivity index (χ1v) is 11.2. The molecule has 0 bridgehead atoms. The molecule has 9 heteroatoms. The number of amides is 4. The molecule has 1 saturated carbocycles. The van der Waals surface area contributed by atoms with E-state index in [-0.39, 0.29) is 41.7 Å². The number of carbonyl (C=O) groups excluding carboxylic acids is 4. The zero-order valence-electron chi connectivity index (χ0n) is 18.4. The van der Waals surface area contributed by atoms with Crippen LogP contribution in [0.3, 0.4) is 0 Å². The first-order valence-electron chi connectivity index (χ1n) is 10.9. The molecule has 1 fully saturated rings. The maximum atomic E-state index is 13.0. The molecular weight excluding hydrogens is 444 g/mol. The minimum absolute atomic E-state index is 0.0444. The highest BCUT2D eigenvalue weighted by molar-refractivity contribution is 6.31. The second kappa shape index (κ2) is 9.23. The van der Waals surface area contributed by atoms with Gasteiger partial charge in [0.25, 0.3) is 11.8 Å². The van der Waals surface area contributed by atoms with Gasteiger partial charge in [-0.15, -0.1) is 0 Å². The molecule has 1 atom stereocenters. The molecule has 2 aromatic carbocycles. The predicted octanol–water partition coefficient (Wildman–Crippen LogP) is 2.89. The highest BCUT2D eigenvalue weighted by Gasteiger charge is 2.47. The molecule has 2 aromatic rings. The molecule has 0 saturated heterocycles. The SMILES string of the molecule is CC(C)NC(=O)c1ccc(Cl)cc1NC(=O)CNC(=O)C1c2ccccc2C(=O)N1C1CC1. The van der Waals surface area contributed by atoms with Crippen molar-refractivity contribution >= 4 is 40.9 Å². The van der Waals surface area contributed by atoms with Gasteiger partial charge < -0.3 is 20.9 Å². The molecule has 2 aliphatic rings. The van der Waals surface area contributed by atoms with Crippen LogP contribution in [-0.4, -0.2) is 47.2 Å².